The smallest absolute Gasteiger partial charge is 1.00 e. The van der Waals surface area contributed by atoms with Gasteiger partial charge in [0.2, 0.25) is 0 Å². The van der Waals surface area contributed by atoms with Gasteiger partial charge in [-0.05, 0) is 0 Å². The first-order valence-electron chi connectivity index (χ1n) is 1.37. The SMILES string of the molecule is O=S(=O)(O)OS(=O)(=O)O.S.[H-].[Na+]. The number of rotatable bonds is 2. The van der Waals surface area contributed by atoms with Crippen molar-refractivity contribution in [3.8, 4) is 0 Å². The third-order valence-corrected chi connectivity index (χ3v) is 1.55. The van der Waals surface area contributed by atoms with E-state index in [4.69, 9.17) is 9.11 Å². The van der Waals surface area contributed by atoms with Gasteiger partial charge >= 0.3 is 50.4 Å². The molecule has 0 saturated carbocycles. The van der Waals surface area contributed by atoms with Crippen LogP contribution < -0.4 is 29.6 Å². The Morgan fingerprint density at radius 2 is 1.18 bits per heavy atom. The zero-order chi connectivity index (χ0) is 7.71. The molecule has 0 aliphatic rings. The van der Waals surface area contributed by atoms with Crippen LogP contribution in [0.4, 0.5) is 0 Å². The Hall–Kier alpha value is 1.13. The van der Waals surface area contributed by atoms with Gasteiger partial charge in [-0.3, -0.25) is 9.11 Å². The van der Waals surface area contributed by atoms with Crippen molar-refractivity contribution < 1.29 is 60.6 Å². The van der Waals surface area contributed by atoms with E-state index in [0.717, 1.165) is 0 Å². The first-order valence-corrected chi connectivity index (χ1v) is 4.10. The minimum Gasteiger partial charge on any atom is -1.00 e. The van der Waals surface area contributed by atoms with Crippen LogP contribution in [0.15, 0.2) is 0 Å². The summed E-state index contributed by atoms with van der Waals surface area (Å²) in [6.45, 7) is 0. The molecule has 0 aliphatic carbocycles. The Balaban J connectivity index is -0.000000107. The molecule has 0 radical (unpaired) electrons. The van der Waals surface area contributed by atoms with Gasteiger partial charge in [-0.1, -0.05) is 0 Å². The molecule has 0 spiro atoms. The molecule has 0 bridgehead atoms. The maximum atomic E-state index is 9.44. The average Bonchev–Trinajstić information content (AvgIpc) is 1.14. The molecule has 0 aromatic rings. The Labute approximate surface area is 94.3 Å². The monoisotopic (exact) mass is 236 g/mol. The van der Waals surface area contributed by atoms with E-state index in [0.29, 0.717) is 0 Å². The molecule has 11 heavy (non-hydrogen) atoms. The Kier molecular flexibility index (Phi) is 9.37. The fourth-order valence-electron chi connectivity index (χ4n) is 0.109. The molecular weight excluding hydrogens is 231 g/mol. The van der Waals surface area contributed by atoms with Gasteiger partial charge in [0, 0.05) is 0 Å². The fraction of sp³-hybridized carbons (Fsp3) is 0. The van der Waals surface area contributed by atoms with Crippen molar-refractivity contribution in [3.05, 3.63) is 0 Å². The molecule has 0 amide bonds. The minimum atomic E-state index is -5.12. The predicted molar refractivity (Wildman–Crippen MR) is 35.7 cm³/mol. The molecule has 0 fully saturated rings. The Bertz CT molecular complexity index is 244. The maximum absolute atomic E-state index is 9.44. The van der Waals surface area contributed by atoms with Crippen molar-refractivity contribution in [2.24, 2.45) is 0 Å². The van der Waals surface area contributed by atoms with Crippen LogP contribution >= 0.6 is 13.5 Å². The summed E-state index contributed by atoms with van der Waals surface area (Å²) in [4.78, 5) is 0. The van der Waals surface area contributed by atoms with Crippen molar-refractivity contribution in [2.75, 3.05) is 0 Å². The minimum absolute atomic E-state index is 0. The van der Waals surface area contributed by atoms with Gasteiger partial charge in [0.25, 0.3) is 0 Å². The summed E-state index contributed by atoms with van der Waals surface area (Å²) < 4.78 is 55.6. The first kappa shape index (κ1) is 18.0. The van der Waals surface area contributed by atoms with Crippen LogP contribution in [-0.2, 0) is 24.4 Å². The quantitative estimate of drug-likeness (QED) is 0.369. The largest absolute Gasteiger partial charge is 1.00 e. The molecule has 0 unspecified atom stereocenters. The summed E-state index contributed by atoms with van der Waals surface area (Å²) in [5.41, 5.74) is 0. The molecule has 2 N–H and O–H groups in total. The summed E-state index contributed by atoms with van der Waals surface area (Å²) in [5.74, 6) is 0. The summed E-state index contributed by atoms with van der Waals surface area (Å²) in [6.07, 6.45) is 0. The van der Waals surface area contributed by atoms with Gasteiger partial charge in [-0.2, -0.15) is 30.3 Å². The van der Waals surface area contributed by atoms with Crippen LogP contribution in [0.2, 0.25) is 0 Å². The molecule has 0 saturated heterocycles. The second-order valence-corrected chi connectivity index (χ2v) is 3.18. The van der Waals surface area contributed by atoms with Crippen LogP contribution in [0.5, 0.6) is 0 Å². The van der Waals surface area contributed by atoms with Gasteiger partial charge in [0.1, 0.15) is 0 Å². The van der Waals surface area contributed by atoms with Gasteiger partial charge < -0.3 is 1.43 Å². The molecule has 0 aliphatic heterocycles. The van der Waals surface area contributed by atoms with Crippen molar-refractivity contribution >= 4 is 34.3 Å². The van der Waals surface area contributed by atoms with Gasteiger partial charge in [-0.25, -0.2) is 0 Å². The van der Waals surface area contributed by atoms with Crippen LogP contribution in [0.3, 0.4) is 0 Å². The maximum Gasteiger partial charge on any atom is 1.00 e. The van der Waals surface area contributed by atoms with Crippen molar-refractivity contribution in [3.63, 3.8) is 0 Å². The summed E-state index contributed by atoms with van der Waals surface area (Å²) in [5, 5.41) is 0. The topological polar surface area (TPSA) is 118 Å². The number of hydrogen-bond donors (Lipinski definition) is 2. The van der Waals surface area contributed by atoms with Crippen LogP contribution in [0.25, 0.3) is 0 Å². The second kappa shape index (κ2) is 5.72. The Morgan fingerprint density at radius 1 is 1.00 bits per heavy atom. The average molecular weight is 236 g/mol. The second-order valence-electron chi connectivity index (χ2n) is 0.924. The zero-order valence-electron chi connectivity index (χ0n) is 6.25. The third kappa shape index (κ3) is 18.2. The zero-order valence-corrected chi connectivity index (χ0v) is 9.89. The van der Waals surface area contributed by atoms with Crippen LogP contribution in [0, 0.1) is 0 Å². The Morgan fingerprint density at radius 3 is 1.18 bits per heavy atom. The molecule has 0 atom stereocenters. The number of hydrogen-bond acceptors (Lipinski definition) is 5. The van der Waals surface area contributed by atoms with E-state index >= 15 is 0 Å². The predicted octanol–water partition coefficient (Wildman–Crippen LogP) is -4.16. The van der Waals surface area contributed by atoms with Crippen LogP contribution in [0.1, 0.15) is 1.43 Å². The summed E-state index contributed by atoms with van der Waals surface area (Å²) in [6, 6.07) is 0. The van der Waals surface area contributed by atoms with Gasteiger partial charge in [0.15, 0.2) is 0 Å². The van der Waals surface area contributed by atoms with Crippen molar-refractivity contribution in [1.82, 2.24) is 0 Å². The van der Waals surface area contributed by atoms with E-state index in [1.54, 1.807) is 0 Å². The van der Waals surface area contributed by atoms with Crippen LogP contribution in [-0.4, -0.2) is 25.9 Å². The third-order valence-electron chi connectivity index (χ3n) is 0.172. The van der Waals surface area contributed by atoms with E-state index < -0.39 is 20.8 Å². The molecule has 0 heterocycles. The molecular formula is H5NaO7S3. The van der Waals surface area contributed by atoms with E-state index in [-0.39, 0.29) is 44.5 Å². The molecule has 0 aromatic carbocycles. The van der Waals surface area contributed by atoms with Gasteiger partial charge in [-0.15, -0.1) is 3.63 Å². The summed E-state index contributed by atoms with van der Waals surface area (Å²) >= 11 is 0. The van der Waals surface area contributed by atoms with E-state index in [1.165, 1.54) is 0 Å². The van der Waals surface area contributed by atoms with E-state index in [1.807, 2.05) is 0 Å². The van der Waals surface area contributed by atoms with E-state index in [2.05, 4.69) is 3.63 Å². The van der Waals surface area contributed by atoms with Crippen molar-refractivity contribution in [2.45, 2.75) is 0 Å². The summed E-state index contributed by atoms with van der Waals surface area (Å²) in [7, 11) is -10.2. The molecule has 7 nitrogen and oxygen atoms in total. The fourth-order valence-corrected chi connectivity index (χ4v) is 0.978. The normalized spacial score (nSPS) is 11.1. The molecule has 11 heteroatoms. The van der Waals surface area contributed by atoms with Crippen molar-refractivity contribution in [1.29, 1.82) is 0 Å². The standard InChI is InChI=1S/Na.H2O7S2.H2S.H/c;1-8(2,3)7-9(4,5)6;;/h;(H,1,2,3)(H,4,5,6);1H2;/q+1;;;-1. The first-order chi connectivity index (χ1) is 3.71. The van der Waals surface area contributed by atoms with Gasteiger partial charge in [0.05, 0.1) is 0 Å². The molecule has 0 rings (SSSR count). The molecule has 0 aromatic heterocycles. The van der Waals surface area contributed by atoms with E-state index in [9.17, 15) is 16.8 Å². The molecule has 66 valence electrons.